The Labute approximate surface area is 160 Å². The van der Waals surface area contributed by atoms with Crippen molar-refractivity contribution in [3.05, 3.63) is 21.6 Å². The van der Waals surface area contributed by atoms with Crippen LogP contribution in [0.1, 0.15) is 26.2 Å². The van der Waals surface area contributed by atoms with Crippen LogP contribution in [0.4, 0.5) is 15.3 Å². The third-order valence-corrected chi connectivity index (χ3v) is 5.26. The topological polar surface area (TPSA) is 131 Å². The molecule has 1 aliphatic carbocycles. The minimum Gasteiger partial charge on any atom is -0.446 e. The number of nitrogens with one attached hydrogen (secondary N) is 1. The van der Waals surface area contributed by atoms with Gasteiger partial charge in [0.25, 0.3) is 5.56 Å². The number of rotatable bonds is 5. The Morgan fingerprint density at radius 2 is 2.11 bits per heavy atom. The van der Waals surface area contributed by atoms with Gasteiger partial charge in [0.05, 0.1) is 17.9 Å². The highest BCUT2D eigenvalue weighted by Crippen LogP contribution is 2.29. The average Bonchev–Trinajstić information content (AvgIpc) is 3.05. The van der Waals surface area contributed by atoms with Crippen LogP contribution in [0.25, 0.3) is 0 Å². The molecule has 1 saturated heterocycles. The van der Waals surface area contributed by atoms with Gasteiger partial charge in [0.1, 0.15) is 17.2 Å². The van der Waals surface area contributed by atoms with Crippen molar-refractivity contribution in [1.29, 1.82) is 0 Å². The lowest BCUT2D eigenvalue weighted by molar-refractivity contribution is -0.0510. The normalized spacial score (nSPS) is 24.2. The Morgan fingerprint density at radius 3 is 2.78 bits per heavy atom. The fourth-order valence-electron chi connectivity index (χ4n) is 3.43. The summed E-state index contributed by atoms with van der Waals surface area (Å²) in [4.78, 5) is 38.4. The third kappa shape index (κ3) is 4.26. The van der Waals surface area contributed by atoms with Crippen molar-refractivity contribution in [2.45, 2.75) is 44.4 Å². The number of aromatic nitrogens is 2. The number of anilines is 1. The Balaban J connectivity index is 1.55. The fourth-order valence-corrected chi connectivity index (χ4v) is 3.64. The van der Waals surface area contributed by atoms with Gasteiger partial charge in [-0.3, -0.25) is 4.79 Å². The number of aromatic amines is 1. The first-order valence-electron chi connectivity index (χ1n) is 8.80. The summed E-state index contributed by atoms with van der Waals surface area (Å²) in [5.74, 6) is 0. The van der Waals surface area contributed by atoms with Crippen molar-refractivity contribution in [1.82, 2.24) is 15.1 Å². The number of hydrogen-bond donors (Lipinski definition) is 2. The molecular weight excluding hydrogens is 378 g/mol. The Morgan fingerprint density at radius 1 is 1.41 bits per heavy atom. The molecule has 11 heteroatoms. The first-order chi connectivity index (χ1) is 12.9. The number of amides is 2. The first kappa shape index (κ1) is 19.3. The molecule has 1 aromatic rings. The fraction of sp³-hybridized carbons (Fsp3) is 0.625. The van der Waals surface area contributed by atoms with E-state index in [4.69, 9.17) is 26.8 Å². The van der Waals surface area contributed by atoms with Gasteiger partial charge in [-0.25, -0.2) is 14.7 Å². The van der Waals surface area contributed by atoms with Gasteiger partial charge in [0, 0.05) is 32.5 Å². The molecule has 10 nitrogen and oxygen atoms in total. The molecule has 1 atom stereocenters. The van der Waals surface area contributed by atoms with Crippen molar-refractivity contribution >= 4 is 29.5 Å². The number of H-pyrrole nitrogens is 1. The van der Waals surface area contributed by atoms with Gasteiger partial charge >= 0.3 is 12.2 Å². The van der Waals surface area contributed by atoms with Crippen LogP contribution in [0.5, 0.6) is 0 Å². The van der Waals surface area contributed by atoms with E-state index in [9.17, 15) is 14.4 Å². The summed E-state index contributed by atoms with van der Waals surface area (Å²) in [6.45, 7) is 3.56. The Kier molecular flexibility index (Phi) is 5.73. The van der Waals surface area contributed by atoms with Crippen LogP contribution in [-0.2, 0) is 9.47 Å². The summed E-state index contributed by atoms with van der Waals surface area (Å²) < 4.78 is 10.3. The number of carbonyl (C=O) groups is 2. The summed E-state index contributed by atoms with van der Waals surface area (Å²) in [7, 11) is 0. The zero-order valence-electron chi connectivity index (χ0n) is 14.9. The number of ether oxygens (including phenoxy) is 2. The molecule has 0 unspecified atom stereocenters. The number of nitrogens with zero attached hydrogens (tertiary/aromatic N) is 3. The second-order valence-electron chi connectivity index (χ2n) is 6.61. The Bertz CT molecular complexity index is 766. The molecule has 0 radical (unpaired) electrons. The van der Waals surface area contributed by atoms with Crippen molar-refractivity contribution in [2.75, 3.05) is 24.5 Å². The monoisotopic (exact) mass is 399 g/mol. The molecule has 2 fully saturated rings. The predicted octanol–water partition coefficient (Wildman–Crippen LogP) is 1.09. The van der Waals surface area contributed by atoms with Crippen molar-refractivity contribution < 1.29 is 19.1 Å². The molecule has 0 aromatic carbocycles. The highest BCUT2D eigenvalue weighted by Gasteiger charge is 2.38. The highest BCUT2D eigenvalue weighted by atomic mass is 35.5. The van der Waals surface area contributed by atoms with E-state index in [1.165, 1.54) is 6.20 Å². The number of nitrogens with two attached hydrogens (primary N) is 1. The summed E-state index contributed by atoms with van der Waals surface area (Å²) in [5, 5.41) is 6.16. The zero-order valence-corrected chi connectivity index (χ0v) is 15.6. The maximum Gasteiger partial charge on any atom is 0.410 e. The molecule has 148 valence electrons. The van der Waals surface area contributed by atoms with Crippen LogP contribution in [-0.4, -0.2) is 65.2 Å². The number of likely N-dealkylation sites (N-methyl/N-ethyl adjacent to an activating group) is 1. The zero-order chi connectivity index (χ0) is 19.6. The number of halogens is 1. The summed E-state index contributed by atoms with van der Waals surface area (Å²) in [6.07, 6.45) is 1.36. The van der Waals surface area contributed by atoms with Gasteiger partial charge in [-0.05, 0) is 13.3 Å². The average molecular weight is 400 g/mol. The van der Waals surface area contributed by atoms with Crippen molar-refractivity contribution in [2.24, 2.45) is 5.73 Å². The van der Waals surface area contributed by atoms with Crippen LogP contribution in [0, 0.1) is 0 Å². The Hall–Kier alpha value is -2.49. The second kappa shape index (κ2) is 8.03. The molecule has 27 heavy (non-hydrogen) atoms. The molecule has 2 amide bonds. The lowest BCUT2D eigenvalue weighted by atomic mass is 9.92. The molecule has 3 rings (SSSR count). The van der Waals surface area contributed by atoms with Crippen LogP contribution in [0.3, 0.4) is 0 Å². The van der Waals surface area contributed by atoms with Crippen LogP contribution in [0.15, 0.2) is 11.0 Å². The quantitative estimate of drug-likeness (QED) is 0.757. The van der Waals surface area contributed by atoms with Crippen LogP contribution in [0.2, 0.25) is 5.02 Å². The number of carbonyl (C=O) groups excluding carboxylic acids is 2. The predicted molar refractivity (Wildman–Crippen MR) is 96.8 cm³/mol. The number of hydrogen-bond acceptors (Lipinski definition) is 7. The third-order valence-electron chi connectivity index (χ3n) is 4.90. The molecule has 2 aliphatic rings. The minimum absolute atomic E-state index is 0.0596. The highest BCUT2D eigenvalue weighted by molar-refractivity contribution is 6.33. The smallest absolute Gasteiger partial charge is 0.410 e. The standard InChI is InChI=1S/C16H22ClN5O5/c1-2-22(16(25)27-11-5-10(6-11)26-15(18)24)9-3-4-21(8-9)12-7-19-20-14(23)13(12)17/h7,9-11H,2-6,8H2,1H3,(H2,18,24)(H,20,23)/t9-,10?,11?/m1/s1. The van der Waals surface area contributed by atoms with E-state index in [-0.39, 0.29) is 23.3 Å². The van der Waals surface area contributed by atoms with Gasteiger partial charge in [-0.2, -0.15) is 5.10 Å². The second-order valence-corrected chi connectivity index (χ2v) is 6.99. The van der Waals surface area contributed by atoms with E-state index < -0.39 is 17.7 Å². The SMILES string of the molecule is CCN(C(=O)OC1CC(OC(N)=O)C1)[C@@H]1CCN(c2cn[nH]c(=O)c2Cl)C1. The molecule has 3 N–H and O–H groups in total. The molecule has 2 heterocycles. The molecule has 1 aromatic heterocycles. The van der Waals surface area contributed by atoms with E-state index in [2.05, 4.69) is 10.2 Å². The largest absolute Gasteiger partial charge is 0.446 e. The van der Waals surface area contributed by atoms with Gasteiger partial charge in [0.2, 0.25) is 0 Å². The molecule has 0 bridgehead atoms. The van der Waals surface area contributed by atoms with Gasteiger partial charge in [-0.15, -0.1) is 0 Å². The van der Waals surface area contributed by atoms with E-state index >= 15 is 0 Å². The lowest BCUT2D eigenvalue weighted by Gasteiger charge is -2.36. The van der Waals surface area contributed by atoms with E-state index in [1.807, 2.05) is 11.8 Å². The summed E-state index contributed by atoms with van der Waals surface area (Å²) in [5.41, 5.74) is 5.08. The van der Waals surface area contributed by atoms with Crippen LogP contribution >= 0.6 is 11.6 Å². The summed E-state index contributed by atoms with van der Waals surface area (Å²) >= 11 is 6.07. The lowest BCUT2D eigenvalue weighted by Crippen LogP contribution is -2.47. The van der Waals surface area contributed by atoms with Crippen LogP contribution < -0.4 is 16.2 Å². The van der Waals surface area contributed by atoms with Gasteiger partial charge in [-0.1, -0.05) is 11.6 Å². The van der Waals surface area contributed by atoms with Crippen molar-refractivity contribution in [3.63, 3.8) is 0 Å². The van der Waals surface area contributed by atoms with E-state index in [0.29, 0.717) is 38.2 Å². The minimum atomic E-state index is -0.820. The first-order valence-corrected chi connectivity index (χ1v) is 9.18. The van der Waals surface area contributed by atoms with E-state index in [1.54, 1.807) is 4.90 Å². The van der Waals surface area contributed by atoms with E-state index in [0.717, 1.165) is 6.42 Å². The maximum atomic E-state index is 12.5. The van der Waals surface area contributed by atoms with Gasteiger partial charge in [0.15, 0.2) is 0 Å². The maximum absolute atomic E-state index is 12.5. The van der Waals surface area contributed by atoms with Crippen molar-refractivity contribution in [3.8, 4) is 0 Å². The molecular formula is C16H22ClN5O5. The summed E-state index contributed by atoms with van der Waals surface area (Å²) in [6, 6.07) is -0.0596. The molecule has 0 spiro atoms. The molecule has 1 saturated carbocycles. The van der Waals surface area contributed by atoms with Gasteiger partial charge < -0.3 is 25.0 Å². The number of primary amides is 1. The molecule has 1 aliphatic heterocycles.